The Hall–Kier alpha value is -3.28. The summed E-state index contributed by atoms with van der Waals surface area (Å²) < 4.78 is 0. The van der Waals surface area contributed by atoms with Crippen molar-refractivity contribution in [1.29, 1.82) is 0 Å². The first kappa shape index (κ1) is 13.7. The van der Waals surface area contributed by atoms with Crippen LogP contribution in [0.1, 0.15) is 10.4 Å². The number of hydrogen-bond acceptors (Lipinski definition) is 5. The van der Waals surface area contributed by atoms with Crippen molar-refractivity contribution >= 4 is 17.3 Å². The summed E-state index contributed by atoms with van der Waals surface area (Å²) in [5.74, 6) is 0.0974. The minimum Gasteiger partial charge on any atom is -0.398 e. The normalized spacial score (nSPS) is 10.2. The van der Waals surface area contributed by atoms with E-state index in [1.54, 1.807) is 18.2 Å². The SMILES string of the molecule is Nc1cccc(C(=O)Nc2ccccc2)c1-c1ncncn1. The zero-order chi connectivity index (χ0) is 15.4. The maximum absolute atomic E-state index is 12.5. The molecule has 3 N–H and O–H groups in total. The summed E-state index contributed by atoms with van der Waals surface area (Å²) in [6, 6.07) is 14.3. The van der Waals surface area contributed by atoms with Gasteiger partial charge in [0.1, 0.15) is 12.7 Å². The van der Waals surface area contributed by atoms with Gasteiger partial charge in [-0.15, -0.1) is 0 Å². The molecule has 6 heteroatoms. The third kappa shape index (κ3) is 2.76. The van der Waals surface area contributed by atoms with Gasteiger partial charge in [0.15, 0.2) is 5.82 Å². The van der Waals surface area contributed by atoms with E-state index in [1.807, 2.05) is 30.3 Å². The quantitative estimate of drug-likeness (QED) is 0.722. The average Bonchev–Trinajstić information content (AvgIpc) is 2.56. The molecule has 0 spiro atoms. The van der Waals surface area contributed by atoms with Crippen LogP contribution >= 0.6 is 0 Å². The monoisotopic (exact) mass is 291 g/mol. The Kier molecular flexibility index (Phi) is 3.74. The second-order valence-electron chi connectivity index (χ2n) is 4.55. The van der Waals surface area contributed by atoms with Crippen LogP contribution in [0.3, 0.4) is 0 Å². The van der Waals surface area contributed by atoms with E-state index < -0.39 is 0 Å². The average molecular weight is 291 g/mol. The molecule has 0 aliphatic heterocycles. The molecule has 108 valence electrons. The maximum Gasteiger partial charge on any atom is 0.256 e. The summed E-state index contributed by atoms with van der Waals surface area (Å²) in [5.41, 5.74) is 8.06. The first-order chi connectivity index (χ1) is 10.8. The van der Waals surface area contributed by atoms with Gasteiger partial charge in [0.05, 0.1) is 11.1 Å². The van der Waals surface area contributed by atoms with Gasteiger partial charge in [0, 0.05) is 11.4 Å². The maximum atomic E-state index is 12.5. The molecule has 3 rings (SSSR count). The lowest BCUT2D eigenvalue weighted by Crippen LogP contribution is -2.14. The molecule has 1 heterocycles. The zero-order valence-electron chi connectivity index (χ0n) is 11.6. The Balaban J connectivity index is 2.01. The first-order valence-electron chi connectivity index (χ1n) is 6.63. The lowest BCUT2D eigenvalue weighted by atomic mass is 10.0. The van der Waals surface area contributed by atoms with Crippen LogP contribution in [0.2, 0.25) is 0 Å². The number of rotatable bonds is 3. The van der Waals surface area contributed by atoms with Crippen molar-refractivity contribution < 1.29 is 4.79 Å². The number of carbonyl (C=O) groups is 1. The Bertz CT molecular complexity index is 790. The summed E-state index contributed by atoms with van der Waals surface area (Å²) in [7, 11) is 0. The number of nitrogens with one attached hydrogen (secondary N) is 1. The highest BCUT2D eigenvalue weighted by molar-refractivity contribution is 6.09. The Morgan fingerprint density at radius 1 is 0.955 bits per heavy atom. The molecule has 0 aliphatic carbocycles. The van der Waals surface area contributed by atoms with Crippen molar-refractivity contribution in [3.8, 4) is 11.4 Å². The molecule has 0 saturated carbocycles. The largest absolute Gasteiger partial charge is 0.398 e. The van der Waals surface area contributed by atoms with Crippen LogP contribution in [0.15, 0.2) is 61.2 Å². The van der Waals surface area contributed by atoms with Crippen LogP contribution in [0, 0.1) is 0 Å². The van der Waals surface area contributed by atoms with E-state index >= 15 is 0 Å². The smallest absolute Gasteiger partial charge is 0.256 e. The van der Waals surface area contributed by atoms with Crippen molar-refractivity contribution in [1.82, 2.24) is 15.0 Å². The number of nitrogens with two attached hydrogens (primary N) is 1. The topological polar surface area (TPSA) is 93.8 Å². The molecule has 2 aromatic carbocycles. The molecule has 6 nitrogen and oxygen atoms in total. The van der Waals surface area contributed by atoms with Gasteiger partial charge in [-0.05, 0) is 24.3 Å². The molecule has 0 atom stereocenters. The van der Waals surface area contributed by atoms with Crippen LogP contribution in [-0.4, -0.2) is 20.9 Å². The second-order valence-corrected chi connectivity index (χ2v) is 4.55. The predicted molar refractivity (Wildman–Crippen MR) is 84.1 cm³/mol. The highest BCUT2D eigenvalue weighted by Gasteiger charge is 2.17. The van der Waals surface area contributed by atoms with E-state index in [0.29, 0.717) is 28.3 Å². The van der Waals surface area contributed by atoms with Crippen LogP contribution < -0.4 is 11.1 Å². The number of hydrogen-bond donors (Lipinski definition) is 2. The highest BCUT2D eigenvalue weighted by atomic mass is 16.1. The molecular formula is C16H13N5O. The molecule has 22 heavy (non-hydrogen) atoms. The van der Waals surface area contributed by atoms with E-state index in [1.165, 1.54) is 12.7 Å². The van der Waals surface area contributed by atoms with Gasteiger partial charge in [-0.1, -0.05) is 24.3 Å². The van der Waals surface area contributed by atoms with Crippen LogP contribution in [0.4, 0.5) is 11.4 Å². The van der Waals surface area contributed by atoms with Gasteiger partial charge in [-0.25, -0.2) is 15.0 Å². The van der Waals surface area contributed by atoms with E-state index in [0.717, 1.165) is 0 Å². The molecule has 0 saturated heterocycles. The molecule has 0 bridgehead atoms. The van der Waals surface area contributed by atoms with E-state index in [-0.39, 0.29) is 5.91 Å². The minimum absolute atomic E-state index is 0.270. The summed E-state index contributed by atoms with van der Waals surface area (Å²) >= 11 is 0. The van der Waals surface area contributed by atoms with Crippen molar-refractivity contribution in [3.63, 3.8) is 0 Å². The third-order valence-electron chi connectivity index (χ3n) is 3.09. The van der Waals surface area contributed by atoms with Crippen molar-refractivity contribution in [2.45, 2.75) is 0 Å². The number of carbonyl (C=O) groups excluding carboxylic acids is 1. The Morgan fingerprint density at radius 3 is 2.41 bits per heavy atom. The molecular weight excluding hydrogens is 278 g/mol. The number of para-hydroxylation sites is 1. The van der Waals surface area contributed by atoms with Gasteiger partial charge >= 0.3 is 0 Å². The lowest BCUT2D eigenvalue weighted by molar-refractivity contribution is 0.102. The number of nitrogens with zero attached hydrogens (tertiary/aromatic N) is 3. The third-order valence-corrected chi connectivity index (χ3v) is 3.09. The van der Waals surface area contributed by atoms with Gasteiger partial charge in [0.2, 0.25) is 0 Å². The predicted octanol–water partition coefficient (Wildman–Crippen LogP) is 2.37. The van der Waals surface area contributed by atoms with E-state index in [4.69, 9.17) is 5.73 Å². The molecule has 0 unspecified atom stereocenters. The molecule has 0 aliphatic rings. The Morgan fingerprint density at radius 2 is 1.68 bits per heavy atom. The molecule has 3 aromatic rings. The molecule has 0 fully saturated rings. The lowest BCUT2D eigenvalue weighted by Gasteiger charge is -2.11. The van der Waals surface area contributed by atoms with E-state index in [2.05, 4.69) is 20.3 Å². The first-order valence-corrected chi connectivity index (χ1v) is 6.63. The van der Waals surface area contributed by atoms with Crippen molar-refractivity contribution in [2.24, 2.45) is 0 Å². The Labute approximate surface area is 127 Å². The highest BCUT2D eigenvalue weighted by Crippen LogP contribution is 2.27. The number of aromatic nitrogens is 3. The minimum atomic E-state index is -0.270. The fourth-order valence-corrected chi connectivity index (χ4v) is 2.10. The number of benzene rings is 2. The summed E-state index contributed by atoms with van der Waals surface area (Å²) in [6.07, 6.45) is 2.74. The number of nitrogen functional groups attached to an aromatic ring is 1. The van der Waals surface area contributed by atoms with Gasteiger partial charge < -0.3 is 11.1 Å². The van der Waals surface area contributed by atoms with Crippen LogP contribution in [-0.2, 0) is 0 Å². The second kappa shape index (κ2) is 6.01. The van der Waals surface area contributed by atoms with Crippen LogP contribution in [0.25, 0.3) is 11.4 Å². The van der Waals surface area contributed by atoms with Gasteiger partial charge in [0.25, 0.3) is 5.91 Å². The summed E-state index contributed by atoms with van der Waals surface area (Å²) in [6.45, 7) is 0. The van der Waals surface area contributed by atoms with Crippen LogP contribution in [0.5, 0.6) is 0 Å². The summed E-state index contributed by atoms with van der Waals surface area (Å²) in [4.78, 5) is 24.5. The summed E-state index contributed by atoms with van der Waals surface area (Å²) in [5, 5.41) is 2.83. The van der Waals surface area contributed by atoms with E-state index in [9.17, 15) is 4.79 Å². The van der Waals surface area contributed by atoms with Gasteiger partial charge in [-0.3, -0.25) is 4.79 Å². The number of anilines is 2. The van der Waals surface area contributed by atoms with Gasteiger partial charge in [-0.2, -0.15) is 0 Å². The molecule has 0 radical (unpaired) electrons. The molecule has 1 aromatic heterocycles. The van der Waals surface area contributed by atoms with Crippen molar-refractivity contribution in [2.75, 3.05) is 11.1 Å². The fourth-order valence-electron chi connectivity index (χ4n) is 2.10. The zero-order valence-corrected chi connectivity index (χ0v) is 11.6. The van der Waals surface area contributed by atoms with Crippen molar-refractivity contribution in [3.05, 3.63) is 66.7 Å². The number of amides is 1. The molecule has 1 amide bonds. The standard InChI is InChI=1S/C16H13N5O/c17-13-8-4-7-12(14(13)15-19-9-18-10-20-15)16(22)21-11-5-2-1-3-6-11/h1-10H,17H2,(H,21,22). The fraction of sp³-hybridized carbons (Fsp3) is 0.